The second-order valence-corrected chi connectivity index (χ2v) is 5.03. The Kier molecular flexibility index (Phi) is 3.89. The Hall–Kier alpha value is -3.02. The van der Waals surface area contributed by atoms with Gasteiger partial charge in [0.2, 0.25) is 0 Å². The van der Waals surface area contributed by atoms with Crippen molar-refractivity contribution in [2.24, 2.45) is 0 Å². The van der Waals surface area contributed by atoms with Crippen LogP contribution in [0.4, 0.5) is 8.78 Å². The number of halogens is 2. The normalized spacial score (nSPS) is 10.7. The van der Waals surface area contributed by atoms with Gasteiger partial charge in [0.25, 0.3) is 5.56 Å². The van der Waals surface area contributed by atoms with Crippen LogP contribution in [-0.4, -0.2) is 14.7 Å². The van der Waals surface area contributed by atoms with Crippen LogP contribution in [0.2, 0.25) is 0 Å². The van der Waals surface area contributed by atoms with E-state index in [1.807, 2.05) is 0 Å². The molecule has 0 fully saturated rings. The molecule has 1 N–H and O–H groups in total. The Balaban J connectivity index is 1.99. The smallest absolute Gasteiger partial charge is 0.261 e. The Morgan fingerprint density at radius 2 is 1.83 bits per heavy atom. The first kappa shape index (κ1) is 14.9. The second-order valence-electron chi connectivity index (χ2n) is 5.03. The molecule has 0 atom stereocenters. The number of aromatic nitrogens is 2. The quantitative estimate of drug-likeness (QED) is 0.808. The van der Waals surface area contributed by atoms with Crippen LogP contribution >= 0.6 is 0 Å². The van der Waals surface area contributed by atoms with Crippen molar-refractivity contribution >= 4 is 0 Å². The maximum atomic E-state index is 13.5. The van der Waals surface area contributed by atoms with E-state index < -0.39 is 11.6 Å². The minimum Gasteiger partial charge on any atom is -0.505 e. The third-order valence-corrected chi connectivity index (χ3v) is 3.43. The molecule has 0 saturated heterocycles. The third kappa shape index (κ3) is 3.11. The summed E-state index contributed by atoms with van der Waals surface area (Å²) in [5.74, 6) is -1.65. The lowest BCUT2D eigenvalue weighted by Gasteiger charge is -2.08. The van der Waals surface area contributed by atoms with Crippen molar-refractivity contribution in [3.8, 4) is 16.9 Å². The second kappa shape index (κ2) is 6.00. The van der Waals surface area contributed by atoms with Crippen molar-refractivity contribution in [3.05, 3.63) is 82.5 Å². The highest BCUT2D eigenvalue weighted by atomic mass is 19.1. The van der Waals surface area contributed by atoms with Gasteiger partial charge in [0, 0.05) is 6.20 Å². The van der Waals surface area contributed by atoms with E-state index in [-0.39, 0.29) is 23.5 Å². The van der Waals surface area contributed by atoms with Gasteiger partial charge in [-0.2, -0.15) is 0 Å². The molecule has 4 nitrogen and oxygen atoms in total. The third-order valence-electron chi connectivity index (χ3n) is 3.43. The largest absolute Gasteiger partial charge is 0.505 e. The minimum atomic E-state index is -0.809. The van der Waals surface area contributed by atoms with Crippen LogP contribution in [0.3, 0.4) is 0 Å². The number of hydrogen-bond acceptors (Lipinski definition) is 3. The molecule has 0 aliphatic carbocycles. The molecule has 116 valence electrons. The van der Waals surface area contributed by atoms with Crippen LogP contribution in [0.5, 0.6) is 5.75 Å². The molecule has 1 heterocycles. The molecule has 0 bridgehead atoms. The van der Waals surface area contributed by atoms with E-state index in [9.17, 15) is 18.7 Å². The number of nitrogens with zero attached hydrogens (tertiary/aromatic N) is 2. The molecular formula is C17H12F2N2O2. The average Bonchev–Trinajstić information content (AvgIpc) is 2.54. The van der Waals surface area contributed by atoms with Gasteiger partial charge in [-0.05, 0) is 35.4 Å². The zero-order valence-corrected chi connectivity index (χ0v) is 11.9. The fraction of sp³-hybridized carbons (Fsp3) is 0.0588. The minimum absolute atomic E-state index is 0.216. The van der Waals surface area contributed by atoms with Crippen molar-refractivity contribution in [2.75, 3.05) is 0 Å². The molecule has 3 rings (SSSR count). The monoisotopic (exact) mass is 314 g/mol. The van der Waals surface area contributed by atoms with Crippen LogP contribution in [-0.2, 0) is 6.54 Å². The topological polar surface area (TPSA) is 55.1 Å². The van der Waals surface area contributed by atoms with Crippen molar-refractivity contribution in [3.63, 3.8) is 0 Å². The Labute approximate surface area is 130 Å². The summed E-state index contributed by atoms with van der Waals surface area (Å²) in [4.78, 5) is 16.5. The number of phenolic OH excluding ortho intramolecular Hbond substituents is 1. The number of aromatic hydroxyl groups is 1. The highest BCUT2D eigenvalue weighted by Crippen LogP contribution is 2.22. The molecule has 1 aromatic heterocycles. The van der Waals surface area contributed by atoms with Crippen LogP contribution in [0.1, 0.15) is 5.56 Å². The van der Waals surface area contributed by atoms with E-state index in [0.29, 0.717) is 5.56 Å². The molecular weight excluding hydrogens is 302 g/mol. The maximum absolute atomic E-state index is 13.5. The van der Waals surface area contributed by atoms with Gasteiger partial charge in [0.05, 0.1) is 18.4 Å². The van der Waals surface area contributed by atoms with E-state index in [1.54, 1.807) is 12.1 Å². The SMILES string of the molecule is O=c1c(-c2ccc(O)c(F)c2)cncn1Cc1ccc(F)cc1. The van der Waals surface area contributed by atoms with E-state index in [0.717, 1.165) is 11.6 Å². The van der Waals surface area contributed by atoms with Crippen LogP contribution in [0, 0.1) is 11.6 Å². The van der Waals surface area contributed by atoms with Gasteiger partial charge in [0.1, 0.15) is 5.82 Å². The summed E-state index contributed by atoms with van der Waals surface area (Å²) in [6, 6.07) is 9.49. The summed E-state index contributed by atoms with van der Waals surface area (Å²) in [5, 5.41) is 9.23. The summed E-state index contributed by atoms with van der Waals surface area (Å²) >= 11 is 0. The number of benzene rings is 2. The van der Waals surface area contributed by atoms with E-state index >= 15 is 0 Å². The maximum Gasteiger partial charge on any atom is 0.261 e. The lowest BCUT2D eigenvalue weighted by Crippen LogP contribution is -2.22. The predicted octanol–water partition coefficient (Wildman–Crippen LogP) is 2.94. The zero-order valence-electron chi connectivity index (χ0n) is 11.9. The van der Waals surface area contributed by atoms with Gasteiger partial charge in [-0.25, -0.2) is 13.8 Å². The van der Waals surface area contributed by atoms with Gasteiger partial charge in [-0.3, -0.25) is 9.36 Å². The summed E-state index contributed by atoms with van der Waals surface area (Å²) in [7, 11) is 0. The molecule has 23 heavy (non-hydrogen) atoms. The number of rotatable bonds is 3. The molecule has 0 radical (unpaired) electrons. The lowest BCUT2D eigenvalue weighted by atomic mass is 10.1. The van der Waals surface area contributed by atoms with Crippen molar-refractivity contribution < 1.29 is 13.9 Å². The lowest BCUT2D eigenvalue weighted by molar-refractivity contribution is 0.432. The Bertz CT molecular complexity index is 905. The average molecular weight is 314 g/mol. The molecule has 0 aliphatic heterocycles. The molecule has 3 aromatic rings. The van der Waals surface area contributed by atoms with Gasteiger partial charge in [-0.15, -0.1) is 0 Å². The molecule has 0 unspecified atom stereocenters. The molecule has 0 aliphatic rings. The summed E-state index contributed by atoms with van der Waals surface area (Å²) < 4.78 is 27.7. The van der Waals surface area contributed by atoms with Gasteiger partial charge >= 0.3 is 0 Å². The first-order valence-corrected chi connectivity index (χ1v) is 6.82. The fourth-order valence-corrected chi connectivity index (χ4v) is 2.22. The van der Waals surface area contributed by atoms with E-state index in [2.05, 4.69) is 4.98 Å². The number of phenols is 1. The van der Waals surface area contributed by atoms with Gasteiger partial charge < -0.3 is 5.11 Å². The molecule has 2 aromatic carbocycles. The van der Waals surface area contributed by atoms with Crippen molar-refractivity contribution in [1.82, 2.24) is 9.55 Å². The molecule has 0 amide bonds. The fourth-order valence-electron chi connectivity index (χ4n) is 2.22. The first-order valence-electron chi connectivity index (χ1n) is 6.82. The van der Waals surface area contributed by atoms with Crippen molar-refractivity contribution in [2.45, 2.75) is 6.54 Å². The van der Waals surface area contributed by atoms with E-state index in [1.165, 1.54) is 41.4 Å². The van der Waals surface area contributed by atoms with Gasteiger partial charge in [0.15, 0.2) is 11.6 Å². The summed E-state index contributed by atoms with van der Waals surface area (Å²) in [6.07, 6.45) is 2.71. The van der Waals surface area contributed by atoms with Gasteiger partial charge in [-0.1, -0.05) is 18.2 Å². The molecule has 6 heteroatoms. The van der Waals surface area contributed by atoms with Crippen LogP contribution < -0.4 is 5.56 Å². The summed E-state index contributed by atoms with van der Waals surface area (Å²) in [6.45, 7) is 0.223. The van der Waals surface area contributed by atoms with Crippen molar-refractivity contribution in [1.29, 1.82) is 0 Å². The Morgan fingerprint density at radius 1 is 1.09 bits per heavy atom. The molecule has 0 saturated carbocycles. The Morgan fingerprint density at radius 3 is 2.52 bits per heavy atom. The number of hydrogen-bond donors (Lipinski definition) is 1. The van der Waals surface area contributed by atoms with E-state index in [4.69, 9.17) is 0 Å². The van der Waals surface area contributed by atoms with Crippen LogP contribution in [0.25, 0.3) is 11.1 Å². The summed E-state index contributed by atoms with van der Waals surface area (Å²) in [5.41, 5.74) is 0.929. The molecule has 0 spiro atoms. The highest BCUT2D eigenvalue weighted by Gasteiger charge is 2.10. The zero-order chi connectivity index (χ0) is 16.4. The highest BCUT2D eigenvalue weighted by molar-refractivity contribution is 5.62. The predicted molar refractivity (Wildman–Crippen MR) is 81.1 cm³/mol. The first-order chi connectivity index (χ1) is 11.0. The standard InChI is InChI=1S/C17H12F2N2O2/c18-13-4-1-11(2-5-13)9-21-10-20-8-14(17(21)23)12-3-6-16(22)15(19)7-12/h1-8,10,22H,9H2. The van der Waals surface area contributed by atoms with Crippen LogP contribution in [0.15, 0.2) is 59.8 Å².